The Morgan fingerprint density at radius 3 is 2.70 bits per heavy atom. The molecule has 1 aromatic carbocycles. The summed E-state index contributed by atoms with van der Waals surface area (Å²) in [5.41, 5.74) is 4.99. The molecule has 4 aromatic rings. The molecule has 3 aromatic heterocycles. The number of aryl methyl sites for hydroxylation is 1. The molecule has 33 heavy (non-hydrogen) atoms. The second-order valence-corrected chi connectivity index (χ2v) is 8.55. The summed E-state index contributed by atoms with van der Waals surface area (Å²) in [4.78, 5) is 17.3. The van der Waals surface area contributed by atoms with Crippen molar-refractivity contribution >= 4 is 34.5 Å². The molecule has 4 heterocycles. The molecule has 1 aliphatic rings. The SMILES string of the molecule is Cc1c(C)n(CCN2CCOCC2)c2ncn3nc(CO/N=C/c4ccc(Cl)cc4)nc3c12. The normalized spacial score (nSPS) is 15.2. The molecule has 5 rings (SSSR count). The molecule has 0 bridgehead atoms. The molecule has 0 saturated carbocycles. The number of hydrogen-bond donors (Lipinski definition) is 0. The molecule has 0 atom stereocenters. The molecule has 0 spiro atoms. The Labute approximate surface area is 196 Å². The third-order valence-corrected chi connectivity index (χ3v) is 6.33. The standard InChI is InChI=1S/C23H26ClN7O2/c1-16-17(2)30(8-7-29-9-11-32-12-10-29)22-21(16)23-27-20(28-31(23)15-25-22)14-33-26-13-18-3-5-19(24)6-4-18/h3-6,13,15H,7-12,14H2,1-2H3/b26-13+. The summed E-state index contributed by atoms with van der Waals surface area (Å²) >= 11 is 5.90. The Balaban J connectivity index is 1.34. The van der Waals surface area contributed by atoms with Crippen LogP contribution in [0.3, 0.4) is 0 Å². The van der Waals surface area contributed by atoms with Gasteiger partial charge in [-0.3, -0.25) is 4.90 Å². The van der Waals surface area contributed by atoms with Gasteiger partial charge in [-0.25, -0.2) is 14.5 Å². The molecule has 0 N–H and O–H groups in total. The Bertz CT molecular complexity index is 1290. The molecule has 0 unspecified atom stereocenters. The summed E-state index contributed by atoms with van der Waals surface area (Å²) < 4.78 is 9.45. The number of aromatic nitrogens is 5. The molecule has 172 valence electrons. The summed E-state index contributed by atoms with van der Waals surface area (Å²) in [6.45, 7) is 9.83. The number of rotatable bonds is 7. The summed E-state index contributed by atoms with van der Waals surface area (Å²) in [5, 5.41) is 10.2. The average molecular weight is 468 g/mol. The number of benzene rings is 1. The van der Waals surface area contributed by atoms with Crippen LogP contribution in [-0.4, -0.2) is 68.1 Å². The number of oxime groups is 1. The predicted molar refractivity (Wildman–Crippen MR) is 127 cm³/mol. The monoisotopic (exact) mass is 467 g/mol. The zero-order valence-corrected chi connectivity index (χ0v) is 19.5. The van der Waals surface area contributed by atoms with Crippen molar-refractivity contribution in [2.75, 3.05) is 32.8 Å². The topological polar surface area (TPSA) is 82.1 Å². The highest BCUT2D eigenvalue weighted by molar-refractivity contribution is 6.30. The van der Waals surface area contributed by atoms with Crippen molar-refractivity contribution in [2.24, 2.45) is 5.16 Å². The smallest absolute Gasteiger partial charge is 0.192 e. The van der Waals surface area contributed by atoms with E-state index in [1.165, 1.54) is 11.3 Å². The van der Waals surface area contributed by atoms with E-state index in [1.807, 2.05) is 24.3 Å². The molecule has 9 nitrogen and oxygen atoms in total. The predicted octanol–water partition coefficient (Wildman–Crippen LogP) is 3.23. The Morgan fingerprint density at radius 1 is 1.12 bits per heavy atom. The molecule has 1 fully saturated rings. The second kappa shape index (κ2) is 9.46. The molecule has 0 aliphatic carbocycles. The zero-order chi connectivity index (χ0) is 22.8. The van der Waals surface area contributed by atoms with E-state index in [9.17, 15) is 0 Å². The Morgan fingerprint density at radius 2 is 1.91 bits per heavy atom. The maximum absolute atomic E-state index is 5.90. The molecule has 0 radical (unpaired) electrons. The quantitative estimate of drug-likeness (QED) is 0.306. The minimum Gasteiger partial charge on any atom is -0.387 e. The fourth-order valence-corrected chi connectivity index (χ4v) is 4.24. The van der Waals surface area contributed by atoms with Crippen LogP contribution in [0.1, 0.15) is 22.6 Å². The number of ether oxygens (including phenoxy) is 1. The van der Waals surface area contributed by atoms with Gasteiger partial charge in [0.2, 0.25) is 0 Å². The molecule has 1 aliphatic heterocycles. The first kappa shape index (κ1) is 21.8. The first-order valence-electron chi connectivity index (χ1n) is 11.0. The van der Waals surface area contributed by atoms with Crippen molar-refractivity contribution in [3.63, 3.8) is 0 Å². The van der Waals surface area contributed by atoms with Crippen LogP contribution in [-0.2, 0) is 22.7 Å². The van der Waals surface area contributed by atoms with Crippen molar-refractivity contribution in [1.82, 2.24) is 29.0 Å². The van der Waals surface area contributed by atoms with Crippen LogP contribution >= 0.6 is 11.6 Å². The van der Waals surface area contributed by atoms with Crippen molar-refractivity contribution in [3.8, 4) is 0 Å². The first-order valence-corrected chi connectivity index (χ1v) is 11.4. The van der Waals surface area contributed by atoms with Crippen LogP contribution in [0.2, 0.25) is 5.02 Å². The lowest BCUT2D eigenvalue weighted by molar-refractivity contribution is 0.0364. The summed E-state index contributed by atoms with van der Waals surface area (Å²) in [5.74, 6) is 0.552. The minimum absolute atomic E-state index is 0.170. The Hall–Kier alpha value is -3.01. The lowest BCUT2D eigenvalue weighted by Gasteiger charge is -2.26. The minimum atomic E-state index is 0.170. The van der Waals surface area contributed by atoms with Gasteiger partial charge in [0.05, 0.1) is 24.8 Å². The highest BCUT2D eigenvalue weighted by Crippen LogP contribution is 2.27. The van der Waals surface area contributed by atoms with Gasteiger partial charge in [-0.1, -0.05) is 28.9 Å². The van der Waals surface area contributed by atoms with E-state index >= 15 is 0 Å². The highest BCUT2D eigenvalue weighted by atomic mass is 35.5. The van der Waals surface area contributed by atoms with Gasteiger partial charge in [0, 0.05) is 36.9 Å². The van der Waals surface area contributed by atoms with Gasteiger partial charge >= 0.3 is 0 Å². The van der Waals surface area contributed by atoms with Crippen molar-refractivity contribution in [3.05, 3.63) is 58.3 Å². The third-order valence-electron chi connectivity index (χ3n) is 6.07. The van der Waals surface area contributed by atoms with Crippen LogP contribution in [0.25, 0.3) is 16.7 Å². The average Bonchev–Trinajstić information content (AvgIpc) is 3.35. The summed E-state index contributed by atoms with van der Waals surface area (Å²) in [7, 11) is 0. The summed E-state index contributed by atoms with van der Waals surface area (Å²) in [6.07, 6.45) is 3.35. The van der Waals surface area contributed by atoms with Crippen molar-refractivity contribution < 1.29 is 9.57 Å². The van der Waals surface area contributed by atoms with Crippen molar-refractivity contribution in [2.45, 2.75) is 27.0 Å². The van der Waals surface area contributed by atoms with Crippen LogP contribution < -0.4 is 0 Å². The lowest BCUT2D eigenvalue weighted by atomic mass is 10.2. The van der Waals surface area contributed by atoms with Crippen LogP contribution in [0.4, 0.5) is 0 Å². The molecular formula is C23H26ClN7O2. The number of halogens is 1. The van der Waals surface area contributed by atoms with Crippen molar-refractivity contribution in [1.29, 1.82) is 0 Å². The van der Waals surface area contributed by atoms with E-state index in [0.717, 1.165) is 61.6 Å². The van der Waals surface area contributed by atoms with E-state index in [1.54, 1.807) is 17.1 Å². The maximum Gasteiger partial charge on any atom is 0.192 e. The molecular weight excluding hydrogens is 442 g/mol. The molecule has 0 amide bonds. The van der Waals surface area contributed by atoms with Crippen LogP contribution in [0, 0.1) is 13.8 Å². The third kappa shape index (κ3) is 4.57. The molecule has 1 saturated heterocycles. The lowest BCUT2D eigenvalue weighted by Crippen LogP contribution is -2.38. The highest BCUT2D eigenvalue weighted by Gasteiger charge is 2.19. The van der Waals surface area contributed by atoms with Gasteiger partial charge in [0.25, 0.3) is 0 Å². The number of hydrogen-bond acceptors (Lipinski definition) is 7. The van der Waals surface area contributed by atoms with Gasteiger partial charge in [-0.05, 0) is 37.1 Å². The van der Waals surface area contributed by atoms with Crippen LogP contribution in [0.5, 0.6) is 0 Å². The number of morpholine rings is 1. The van der Waals surface area contributed by atoms with E-state index < -0.39 is 0 Å². The van der Waals surface area contributed by atoms with Gasteiger partial charge in [-0.2, -0.15) is 0 Å². The largest absolute Gasteiger partial charge is 0.387 e. The van der Waals surface area contributed by atoms with Gasteiger partial charge in [-0.15, -0.1) is 5.10 Å². The van der Waals surface area contributed by atoms with Crippen LogP contribution in [0.15, 0.2) is 35.7 Å². The summed E-state index contributed by atoms with van der Waals surface area (Å²) in [6, 6.07) is 7.36. The fraction of sp³-hybridized carbons (Fsp3) is 0.391. The van der Waals surface area contributed by atoms with Gasteiger partial charge in [0.15, 0.2) is 18.1 Å². The van der Waals surface area contributed by atoms with E-state index in [4.69, 9.17) is 31.1 Å². The van der Waals surface area contributed by atoms with Gasteiger partial charge in [0.1, 0.15) is 12.0 Å². The van der Waals surface area contributed by atoms with E-state index in [2.05, 4.69) is 33.6 Å². The zero-order valence-electron chi connectivity index (χ0n) is 18.7. The van der Waals surface area contributed by atoms with Gasteiger partial charge < -0.3 is 14.1 Å². The van der Waals surface area contributed by atoms with E-state index in [0.29, 0.717) is 10.8 Å². The first-order chi connectivity index (χ1) is 16.1. The Kier molecular flexibility index (Phi) is 6.26. The maximum atomic E-state index is 5.90. The van der Waals surface area contributed by atoms with E-state index in [-0.39, 0.29) is 6.61 Å². The molecule has 10 heteroatoms. The number of nitrogens with zero attached hydrogens (tertiary/aromatic N) is 7. The second-order valence-electron chi connectivity index (χ2n) is 8.11. The number of fused-ring (bicyclic) bond motifs is 3. The fourth-order valence-electron chi connectivity index (χ4n) is 4.12.